The summed E-state index contributed by atoms with van der Waals surface area (Å²) in [5.41, 5.74) is 5.01. The molecule has 0 amide bonds. The topological polar surface area (TPSA) is 61.8 Å². The van der Waals surface area contributed by atoms with E-state index in [0.29, 0.717) is 10.9 Å². The lowest BCUT2D eigenvalue weighted by Gasteiger charge is -2.03. The predicted octanol–water partition coefficient (Wildman–Crippen LogP) is -2.73. The molecule has 0 fully saturated rings. The van der Waals surface area contributed by atoms with Gasteiger partial charge in [0.2, 0.25) is 0 Å². The average molecular weight is 250 g/mol. The van der Waals surface area contributed by atoms with Gasteiger partial charge in [-0.25, -0.2) is 8.42 Å². The van der Waals surface area contributed by atoms with Crippen LogP contribution in [0.2, 0.25) is 0 Å². The summed E-state index contributed by atoms with van der Waals surface area (Å²) in [5.74, 6) is 0. The Bertz CT molecular complexity index is 398. The quantitative estimate of drug-likeness (QED) is 0.632. The van der Waals surface area contributed by atoms with Crippen LogP contribution >= 0.6 is 0 Å². The van der Waals surface area contributed by atoms with Gasteiger partial charge >= 0.3 is 0 Å². The fraction of sp³-hybridized carbons (Fsp3) is 0.400. The van der Waals surface area contributed by atoms with E-state index in [9.17, 15) is 8.42 Å². The lowest BCUT2D eigenvalue weighted by atomic mass is 10.1. The maximum absolute atomic E-state index is 11.2. The van der Waals surface area contributed by atoms with E-state index in [-0.39, 0.29) is 12.4 Å². The molecule has 1 atom stereocenters. The Labute approximate surface area is 97.0 Å². The molecular weight excluding hydrogens is 234 g/mol. The number of rotatable bonds is 3. The molecule has 1 rings (SSSR count). The van der Waals surface area contributed by atoms with Crippen LogP contribution in [0.4, 0.5) is 0 Å². The molecule has 1 aromatic rings. The highest BCUT2D eigenvalue weighted by molar-refractivity contribution is 7.90. The van der Waals surface area contributed by atoms with E-state index in [0.717, 1.165) is 12.0 Å². The van der Waals surface area contributed by atoms with Crippen LogP contribution < -0.4 is 18.1 Å². The third-order valence-corrected chi connectivity index (χ3v) is 3.06. The third kappa shape index (κ3) is 4.64. The number of sulfone groups is 1. The summed E-state index contributed by atoms with van der Waals surface area (Å²) in [6.45, 7) is 2.03. The van der Waals surface area contributed by atoms with Crippen LogP contribution in [0.3, 0.4) is 0 Å². The minimum atomic E-state index is -3.06. The SMILES string of the molecule is CC([NH3+])Cc1ccc(S(C)(=O)=O)cc1.[Cl-]. The smallest absolute Gasteiger partial charge is 0.175 e. The van der Waals surface area contributed by atoms with Gasteiger partial charge in [-0.1, -0.05) is 12.1 Å². The van der Waals surface area contributed by atoms with Crippen molar-refractivity contribution in [1.29, 1.82) is 0 Å². The minimum absolute atomic E-state index is 0. The second-order valence-corrected chi connectivity index (χ2v) is 5.74. The maximum atomic E-state index is 11.2. The summed E-state index contributed by atoms with van der Waals surface area (Å²) < 4.78 is 22.3. The van der Waals surface area contributed by atoms with Gasteiger partial charge in [-0.05, 0) is 24.6 Å². The van der Waals surface area contributed by atoms with E-state index in [2.05, 4.69) is 5.73 Å². The van der Waals surface area contributed by atoms with Gasteiger partial charge in [-0.2, -0.15) is 0 Å². The van der Waals surface area contributed by atoms with Crippen LogP contribution in [0.5, 0.6) is 0 Å². The first-order valence-corrected chi connectivity index (χ1v) is 6.41. The van der Waals surface area contributed by atoms with Crippen molar-refractivity contribution in [1.82, 2.24) is 0 Å². The Hall–Kier alpha value is -0.580. The first-order chi connectivity index (χ1) is 6.39. The van der Waals surface area contributed by atoms with Crippen LogP contribution in [-0.4, -0.2) is 20.7 Å². The van der Waals surface area contributed by atoms with E-state index < -0.39 is 9.84 Å². The van der Waals surface area contributed by atoms with E-state index in [1.165, 1.54) is 6.26 Å². The monoisotopic (exact) mass is 249 g/mol. The molecule has 0 radical (unpaired) electrons. The molecule has 1 aromatic carbocycles. The standard InChI is InChI=1S/C10H15NO2S.ClH/c1-8(11)7-9-3-5-10(6-4-9)14(2,12)13;/h3-6,8H,7,11H2,1-2H3;1H. The fourth-order valence-corrected chi connectivity index (χ4v) is 1.91. The van der Waals surface area contributed by atoms with Crippen LogP contribution in [0.1, 0.15) is 12.5 Å². The summed E-state index contributed by atoms with van der Waals surface area (Å²) in [6, 6.07) is 7.33. The van der Waals surface area contributed by atoms with Crippen molar-refractivity contribution in [3.8, 4) is 0 Å². The summed E-state index contributed by atoms with van der Waals surface area (Å²) >= 11 is 0. The van der Waals surface area contributed by atoms with E-state index in [1.54, 1.807) is 12.1 Å². The lowest BCUT2D eigenvalue weighted by Crippen LogP contribution is -3.00. The van der Waals surface area contributed by atoms with Crippen molar-refractivity contribution >= 4 is 9.84 Å². The molecule has 0 aliphatic carbocycles. The summed E-state index contributed by atoms with van der Waals surface area (Å²) in [4.78, 5) is 0.373. The molecule has 5 heteroatoms. The molecule has 0 spiro atoms. The molecule has 0 saturated heterocycles. The van der Waals surface area contributed by atoms with Gasteiger partial charge in [0.15, 0.2) is 9.84 Å². The van der Waals surface area contributed by atoms with Crippen molar-refractivity contribution in [2.24, 2.45) is 0 Å². The zero-order chi connectivity index (χ0) is 10.8. The number of halogens is 1. The van der Waals surface area contributed by atoms with Gasteiger partial charge in [-0.15, -0.1) is 0 Å². The summed E-state index contributed by atoms with van der Waals surface area (Å²) in [6.07, 6.45) is 2.09. The maximum Gasteiger partial charge on any atom is 0.175 e. The van der Waals surface area contributed by atoms with Gasteiger partial charge in [0.25, 0.3) is 0 Å². The van der Waals surface area contributed by atoms with Gasteiger partial charge < -0.3 is 18.1 Å². The minimum Gasteiger partial charge on any atom is -1.00 e. The Morgan fingerprint density at radius 3 is 2.07 bits per heavy atom. The summed E-state index contributed by atoms with van der Waals surface area (Å²) in [5, 5.41) is 0. The van der Waals surface area contributed by atoms with Crippen molar-refractivity contribution in [2.45, 2.75) is 24.3 Å². The summed E-state index contributed by atoms with van der Waals surface area (Å²) in [7, 11) is -3.06. The highest BCUT2D eigenvalue weighted by atomic mass is 35.5. The first-order valence-electron chi connectivity index (χ1n) is 4.51. The normalized spacial score (nSPS) is 13.0. The number of hydrogen-bond acceptors (Lipinski definition) is 2. The van der Waals surface area contributed by atoms with Gasteiger partial charge in [0, 0.05) is 12.7 Å². The fourth-order valence-electron chi connectivity index (χ4n) is 1.28. The number of benzene rings is 1. The van der Waals surface area contributed by atoms with E-state index >= 15 is 0 Å². The zero-order valence-corrected chi connectivity index (χ0v) is 10.5. The highest BCUT2D eigenvalue weighted by Crippen LogP contribution is 2.10. The molecule has 1 unspecified atom stereocenters. The molecule has 0 aliphatic heterocycles. The van der Waals surface area contributed by atoms with Gasteiger partial charge in [-0.3, -0.25) is 0 Å². The number of hydrogen-bond donors (Lipinski definition) is 1. The first kappa shape index (κ1) is 14.4. The van der Waals surface area contributed by atoms with Crippen molar-refractivity contribution in [3.63, 3.8) is 0 Å². The lowest BCUT2D eigenvalue weighted by molar-refractivity contribution is -0.413. The third-order valence-electron chi connectivity index (χ3n) is 1.94. The predicted molar refractivity (Wildman–Crippen MR) is 55.6 cm³/mol. The molecule has 0 heterocycles. The zero-order valence-electron chi connectivity index (χ0n) is 8.90. The van der Waals surface area contributed by atoms with Gasteiger partial charge in [0.1, 0.15) is 0 Å². The molecule has 3 nitrogen and oxygen atoms in total. The number of quaternary nitrogens is 1. The van der Waals surface area contributed by atoms with Crippen molar-refractivity contribution in [3.05, 3.63) is 29.8 Å². The molecule has 0 saturated carbocycles. The van der Waals surface area contributed by atoms with Crippen LogP contribution in [-0.2, 0) is 16.3 Å². The van der Waals surface area contributed by atoms with Crippen molar-refractivity contribution in [2.75, 3.05) is 6.26 Å². The average Bonchev–Trinajstić information content (AvgIpc) is 2.02. The molecule has 0 aliphatic rings. The molecule has 0 bridgehead atoms. The molecule has 86 valence electrons. The highest BCUT2D eigenvalue weighted by Gasteiger charge is 2.07. The Morgan fingerprint density at radius 2 is 1.73 bits per heavy atom. The molecule has 0 aromatic heterocycles. The Kier molecular flexibility index (Phi) is 5.28. The van der Waals surface area contributed by atoms with Crippen LogP contribution in [0.25, 0.3) is 0 Å². The Morgan fingerprint density at radius 1 is 1.27 bits per heavy atom. The van der Waals surface area contributed by atoms with Crippen LogP contribution in [0, 0.1) is 0 Å². The van der Waals surface area contributed by atoms with E-state index in [4.69, 9.17) is 0 Å². The molecular formula is C10H16ClNO2S. The van der Waals surface area contributed by atoms with Crippen LogP contribution in [0.15, 0.2) is 29.2 Å². The van der Waals surface area contributed by atoms with Crippen molar-refractivity contribution < 1.29 is 26.6 Å². The largest absolute Gasteiger partial charge is 1.00 e. The Balaban J connectivity index is 0.00000196. The second kappa shape index (κ2) is 5.49. The van der Waals surface area contributed by atoms with E-state index in [1.807, 2.05) is 19.1 Å². The molecule has 3 N–H and O–H groups in total. The van der Waals surface area contributed by atoms with Gasteiger partial charge in [0.05, 0.1) is 10.9 Å². The second-order valence-electron chi connectivity index (χ2n) is 3.73. The molecule has 15 heavy (non-hydrogen) atoms.